The Hall–Kier alpha value is -3.26. The number of nitrogens with zero attached hydrogens (tertiary/aromatic N) is 1. The van der Waals surface area contributed by atoms with Gasteiger partial charge in [-0.05, 0) is 30.7 Å². The molecule has 0 aromatic heterocycles. The number of hydrogen-bond acceptors (Lipinski definition) is 5. The summed E-state index contributed by atoms with van der Waals surface area (Å²) in [5.74, 6) is 2.12. The molecule has 0 atom stereocenters. The van der Waals surface area contributed by atoms with Crippen LogP contribution in [0.4, 0.5) is 5.69 Å². The topological polar surface area (TPSA) is 93.2 Å². The Balaban J connectivity index is 1.79. The van der Waals surface area contributed by atoms with Gasteiger partial charge in [-0.1, -0.05) is 18.2 Å². The Kier molecular flexibility index (Phi) is 10.9. The van der Waals surface area contributed by atoms with Crippen LogP contribution >= 0.6 is 0 Å². The van der Waals surface area contributed by atoms with Crippen molar-refractivity contribution in [1.29, 1.82) is 0 Å². The first-order valence-electron chi connectivity index (χ1n) is 10.7. The van der Waals surface area contributed by atoms with Crippen LogP contribution in [-0.4, -0.2) is 52.4 Å². The molecule has 0 heterocycles. The number of nitrogens with one attached hydrogen (secondary N) is 3. The summed E-state index contributed by atoms with van der Waals surface area (Å²) in [6, 6.07) is 13.5. The lowest BCUT2D eigenvalue weighted by Gasteiger charge is -2.16. The van der Waals surface area contributed by atoms with Gasteiger partial charge in [0.1, 0.15) is 18.1 Å². The van der Waals surface area contributed by atoms with Gasteiger partial charge in [0, 0.05) is 58.0 Å². The van der Waals surface area contributed by atoms with E-state index >= 15 is 0 Å². The summed E-state index contributed by atoms with van der Waals surface area (Å²) < 4.78 is 16.8. The molecule has 0 radical (unpaired) electrons. The van der Waals surface area contributed by atoms with E-state index < -0.39 is 0 Å². The molecule has 0 aliphatic heterocycles. The summed E-state index contributed by atoms with van der Waals surface area (Å²) in [4.78, 5) is 15.4. The largest absolute Gasteiger partial charge is 0.493 e. The zero-order valence-electron chi connectivity index (χ0n) is 19.4. The molecule has 0 fully saturated rings. The molecule has 0 aliphatic carbocycles. The van der Waals surface area contributed by atoms with Crippen molar-refractivity contribution in [3.8, 4) is 11.5 Å². The van der Waals surface area contributed by atoms with Crippen LogP contribution in [0.5, 0.6) is 11.5 Å². The molecule has 0 unspecified atom stereocenters. The molecule has 2 aromatic rings. The van der Waals surface area contributed by atoms with E-state index in [0.29, 0.717) is 50.3 Å². The van der Waals surface area contributed by atoms with E-state index in [1.165, 1.54) is 6.92 Å². The maximum Gasteiger partial charge on any atom is 0.221 e. The average molecular weight is 443 g/mol. The van der Waals surface area contributed by atoms with Gasteiger partial charge >= 0.3 is 0 Å². The van der Waals surface area contributed by atoms with Gasteiger partial charge in [0.2, 0.25) is 5.91 Å². The van der Waals surface area contributed by atoms with E-state index in [-0.39, 0.29) is 5.91 Å². The fraction of sp³-hybridized carbons (Fsp3) is 0.417. The van der Waals surface area contributed by atoms with Crippen LogP contribution in [0.2, 0.25) is 0 Å². The maximum atomic E-state index is 11.2. The van der Waals surface area contributed by atoms with Gasteiger partial charge in [-0.3, -0.25) is 9.79 Å². The summed E-state index contributed by atoms with van der Waals surface area (Å²) in [5, 5.41) is 9.28. The smallest absolute Gasteiger partial charge is 0.221 e. The monoisotopic (exact) mass is 442 g/mol. The first-order chi connectivity index (χ1) is 15.5. The molecule has 32 heavy (non-hydrogen) atoms. The minimum atomic E-state index is -0.115. The molecule has 2 rings (SSSR count). The molecular formula is C24H34N4O4. The summed E-state index contributed by atoms with van der Waals surface area (Å²) in [6.07, 6.45) is 0.842. The molecule has 8 heteroatoms. The second-order valence-corrected chi connectivity index (χ2v) is 7.22. The normalized spacial score (nSPS) is 11.1. The number of carbonyl (C=O) groups is 1. The predicted octanol–water partition coefficient (Wildman–Crippen LogP) is 3.11. The highest BCUT2D eigenvalue weighted by Crippen LogP contribution is 2.20. The molecule has 3 N–H and O–H groups in total. The van der Waals surface area contributed by atoms with E-state index in [1.807, 2.05) is 31.2 Å². The molecular weight excluding hydrogens is 408 g/mol. The number of methoxy groups -OCH3 is 1. The van der Waals surface area contributed by atoms with Gasteiger partial charge in [0.25, 0.3) is 0 Å². The number of hydrogen-bond donors (Lipinski definition) is 3. The fourth-order valence-corrected chi connectivity index (χ4v) is 2.93. The van der Waals surface area contributed by atoms with Gasteiger partial charge < -0.3 is 30.2 Å². The SMILES string of the molecule is CN=C(NCCOc1cccc(NC(C)=O)c1)NCc1ccc(C)cc1OCCCOC. The highest BCUT2D eigenvalue weighted by Gasteiger charge is 2.06. The molecule has 174 valence electrons. The Morgan fingerprint density at radius 2 is 1.88 bits per heavy atom. The van der Waals surface area contributed by atoms with Crippen LogP contribution in [0.1, 0.15) is 24.5 Å². The summed E-state index contributed by atoms with van der Waals surface area (Å²) in [5.41, 5.74) is 2.92. The second kappa shape index (κ2) is 13.9. The van der Waals surface area contributed by atoms with Crippen LogP contribution in [0.15, 0.2) is 47.5 Å². The van der Waals surface area contributed by atoms with Crippen LogP contribution in [0, 0.1) is 6.92 Å². The summed E-state index contributed by atoms with van der Waals surface area (Å²) in [7, 11) is 3.42. The van der Waals surface area contributed by atoms with Crippen molar-refractivity contribution >= 4 is 17.6 Å². The van der Waals surface area contributed by atoms with Gasteiger partial charge in [-0.25, -0.2) is 0 Å². The molecule has 0 saturated carbocycles. The van der Waals surface area contributed by atoms with Gasteiger partial charge in [0.05, 0.1) is 13.2 Å². The quantitative estimate of drug-likeness (QED) is 0.266. The Labute approximate surface area is 190 Å². The van der Waals surface area contributed by atoms with Crippen molar-refractivity contribution in [2.45, 2.75) is 26.8 Å². The highest BCUT2D eigenvalue weighted by molar-refractivity contribution is 5.88. The molecule has 2 aromatic carbocycles. The van der Waals surface area contributed by atoms with E-state index in [0.717, 1.165) is 23.3 Å². The van der Waals surface area contributed by atoms with E-state index in [1.54, 1.807) is 20.2 Å². The van der Waals surface area contributed by atoms with E-state index in [2.05, 4.69) is 33.1 Å². The molecule has 0 spiro atoms. The van der Waals surface area contributed by atoms with Crippen LogP contribution in [0.3, 0.4) is 0 Å². The number of amides is 1. The fourth-order valence-electron chi connectivity index (χ4n) is 2.93. The molecule has 1 amide bonds. The van der Waals surface area contributed by atoms with Crippen molar-refractivity contribution in [3.05, 3.63) is 53.6 Å². The van der Waals surface area contributed by atoms with Crippen molar-refractivity contribution in [2.24, 2.45) is 4.99 Å². The van der Waals surface area contributed by atoms with Crippen molar-refractivity contribution in [2.75, 3.05) is 45.8 Å². The minimum Gasteiger partial charge on any atom is -0.493 e. The number of carbonyl (C=O) groups excluding carboxylic acids is 1. The van der Waals surface area contributed by atoms with Gasteiger partial charge in [0.15, 0.2) is 5.96 Å². The first kappa shape index (κ1) is 25.0. The Morgan fingerprint density at radius 3 is 2.62 bits per heavy atom. The third kappa shape index (κ3) is 9.26. The van der Waals surface area contributed by atoms with Crippen LogP contribution in [0.25, 0.3) is 0 Å². The predicted molar refractivity (Wildman–Crippen MR) is 128 cm³/mol. The second-order valence-electron chi connectivity index (χ2n) is 7.22. The van der Waals surface area contributed by atoms with Crippen LogP contribution < -0.4 is 25.4 Å². The van der Waals surface area contributed by atoms with Crippen molar-refractivity contribution < 1.29 is 19.0 Å². The number of benzene rings is 2. The van der Waals surface area contributed by atoms with Crippen molar-refractivity contribution in [3.63, 3.8) is 0 Å². The third-order valence-electron chi connectivity index (χ3n) is 4.46. The highest BCUT2D eigenvalue weighted by atomic mass is 16.5. The lowest BCUT2D eigenvalue weighted by molar-refractivity contribution is -0.114. The Bertz CT molecular complexity index is 886. The average Bonchev–Trinajstić information content (AvgIpc) is 2.77. The summed E-state index contributed by atoms with van der Waals surface area (Å²) >= 11 is 0. The summed E-state index contributed by atoms with van der Waals surface area (Å²) in [6.45, 7) is 6.40. The molecule has 8 nitrogen and oxygen atoms in total. The van der Waals surface area contributed by atoms with E-state index in [9.17, 15) is 4.79 Å². The number of rotatable bonds is 12. The number of guanidine groups is 1. The molecule has 0 bridgehead atoms. The van der Waals surface area contributed by atoms with E-state index in [4.69, 9.17) is 14.2 Å². The van der Waals surface area contributed by atoms with Crippen LogP contribution in [-0.2, 0) is 16.1 Å². The molecule has 0 aliphatic rings. The first-order valence-corrected chi connectivity index (χ1v) is 10.7. The number of anilines is 1. The van der Waals surface area contributed by atoms with Gasteiger partial charge in [-0.2, -0.15) is 0 Å². The lowest BCUT2D eigenvalue weighted by atomic mass is 10.1. The zero-order valence-corrected chi connectivity index (χ0v) is 19.4. The Morgan fingerprint density at radius 1 is 1.03 bits per heavy atom. The number of aliphatic imine (C=N–C) groups is 1. The standard InChI is InChI=1S/C24H34N4O4/c1-18-9-10-20(23(15-18)32-13-6-12-30-4)17-27-24(25-3)26-11-14-31-22-8-5-7-21(16-22)28-19(2)29/h5,7-10,15-16H,6,11-14,17H2,1-4H3,(H,28,29)(H2,25,26,27). The number of ether oxygens (including phenoxy) is 3. The lowest BCUT2D eigenvalue weighted by Crippen LogP contribution is -2.39. The van der Waals surface area contributed by atoms with Gasteiger partial charge in [-0.15, -0.1) is 0 Å². The molecule has 0 saturated heterocycles. The number of aryl methyl sites for hydroxylation is 1. The maximum absolute atomic E-state index is 11.2. The zero-order chi connectivity index (χ0) is 23.2. The van der Waals surface area contributed by atoms with Crippen molar-refractivity contribution in [1.82, 2.24) is 10.6 Å². The minimum absolute atomic E-state index is 0.115. The third-order valence-corrected chi connectivity index (χ3v) is 4.46.